The minimum atomic E-state index is -2.82. The molecule has 114 valence electrons. The zero-order valence-electron chi connectivity index (χ0n) is 12.2. The molecule has 5 heteroatoms. The fourth-order valence-electron chi connectivity index (χ4n) is 2.43. The number of aromatic amines is 1. The zero-order chi connectivity index (χ0) is 15.7. The number of H-pyrrole nitrogens is 1. The van der Waals surface area contributed by atoms with Crippen LogP contribution in [0.4, 0.5) is 8.78 Å². The van der Waals surface area contributed by atoms with Crippen molar-refractivity contribution in [2.24, 2.45) is 5.73 Å². The van der Waals surface area contributed by atoms with E-state index in [1.807, 2.05) is 24.3 Å². The molecule has 0 fully saturated rings. The first-order chi connectivity index (χ1) is 10.4. The van der Waals surface area contributed by atoms with Gasteiger partial charge >= 0.3 is 0 Å². The van der Waals surface area contributed by atoms with E-state index in [4.69, 9.17) is 5.73 Å². The summed E-state index contributed by atoms with van der Waals surface area (Å²) < 4.78 is 26.4. The van der Waals surface area contributed by atoms with Crippen LogP contribution in [-0.2, 0) is 12.3 Å². The number of halogens is 2. The van der Waals surface area contributed by atoms with Gasteiger partial charge in [0.05, 0.1) is 17.1 Å². The van der Waals surface area contributed by atoms with Gasteiger partial charge in [0.1, 0.15) is 5.82 Å². The highest BCUT2D eigenvalue weighted by Crippen LogP contribution is 2.27. The molecule has 1 aromatic heterocycles. The lowest BCUT2D eigenvalue weighted by atomic mass is 10.0. The van der Waals surface area contributed by atoms with Crippen LogP contribution >= 0.6 is 0 Å². The lowest BCUT2D eigenvalue weighted by Crippen LogP contribution is -2.15. The lowest BCUT2D eigenvalue weighted by molar-refractivity contribution is 0.0174. The molecule has 3 aromatic rings. The number of rotatable bonds is 4. The van der Waals surface area contributed by atoms with Crippen molar-refractivity contribution in [2.75, 3.05) is 0 Å². The average Bonchev–Trinajstić information content (AvgIpc) is 2.91. The standard InChI is InChI=1S/C17H17F2N3/c1-17(18,19)12-8-6-11(7-9-12)10-13(20)16-21-14-4-2-3-5-15(14)22-16/h2-9,13H,10,20H2,1H3,(H,21,22). The quantitative estimate of drug-likeness (QED) is 0.767. The highest BCUT2D eigenvalue weighted by atomic mass is 19.3. The Labute approximate surface area is 127 Å². The summed E-state index contributed by atoms with van der Waals surface area (Å²) >= 11 is 0. The van der Waals surface area contributed by atoms with Gasteiger partial charge in [0, 0.05) is 12.5 Å². The van der Waals surface area contributed by atoms with Crippen molar-refractivity contribution >= 4 is 11.0 Å². The maximum atomic E-state index is 13.2. The third-order valence-electron chi connectivity index (χ3n) is 3.68. The van der Waals surface area contributed by atoms with Crippen molar-refractivity contribution in [1.82, 2.24) is 9.97 Å². The van der Waals surface area contributed by atoms with Gasteiger partial charge in [-0.3, -0.25) is 0 Å². The summed E-state index contributed by atoms with van der Waals surface area (Å²) in [6, 6.07) is 13.7. The van der Waals surface area contributed by atoms with Gasteiger partial charge in [-0.25, -0.2) is 13.8 Å². The number of nitrogens with zero attached hydrogens (tertiary/aromatic N) is 1. The Balaban J connectivity index is 1.77. The molecule has 0 amide bonds. The van der Waals surface area contributed by atoms with Crippen LogP contribution in [-0.4, -0.2) is 9.97 Å². The van der Waals surface area contributed by atoms with Gasteiger partial charge in [-0.1, -0.05) is 36.4 Å². The fraction of sp³-hybridized carbons (Fsp3) is 0.235. The smallest absolute Gasteiger partial charge is 0.270 e. The topological polar surface area (TPSA) is 54.7 Å². The highest BCUT2D eigenvalue weighted by Gasteiger charge is 2.23. The van der Waals surface area contributed by atoms with Crippen LogP contribution in [0.15, 0.2) is 48.5 Å². The number of aromatic nitrogens is 2. The first-order valence-electron chi connectivity index (χ1n) is 7.11. The van der Waals surface area contributed by atoms with Gasteiger partial charge in [0.15, 0.2) is 0 Å². The van der Waals surface area contributed by atoms with E-state index in [2.05, 4.69) is 9.97 Å². The van der Waals surface area contributed by atoms with Gasteiger partial charge in [-0.15, -0.1) is 0 Å². The first kappa shape index (κ1) is 14.7. The molecule has 0 aliphatic rings. The van der Waals surface area contributed by atoms with Crippen molar-refractivity contribution in [1.29, 1.82) is 0 Å². The van der Waals surface area contributed by atoms with E-state index in [-0.39, 0.29) is 11.6 Å². The van der Waals surface area contributed by atoms with Crippen molar-refractivity contribution in [3.8, 4) is 0 Å². The third kappa shape index (κ3) is 2.99. The molecule has 22 heavy (non-hydrogen) atoms. The van der Waals surface area contributed by atoms with E-state index < -0.39 is 5.92 Å². The number of nitrogens with one attached hydrogen (secondary N) is 1. The number of benzene rings is 2. The Kier molecular flexibility index (Phi) is 3.66. The largest absolute Gasteiger partial charge is 0.341 e. The molecule has 3 rings (SSSR count). The first-order valence-corrected chi connectivity index (χ1v) is 7.11. The molecule has 1 unspecified atom stereocenters. The van der Waals surface area contributed by atoms with Crippen molar-refractivity contribution in [3.63, 3.8) is 0 Å². The molecule has 0 aliphatic heterocycles. The summed E-state index contributed by atoms with van der Waals surface area (Å²) in [5, 5.41) is 0. The van der Waals surface area contributed by atoms with E-state index in [0.29, 0.717) is 12.2 Å². The van der Waals surface area contributed by atoms with Crippen LogP contribution < -0.4 is 5.73 Å². The van der Waals surface area contributed by atoms with Crippen molar-refractivity contribution < 1.29 is 8.78 Å². The maximum absolute atomic E-state index is 13.2. The molecule has 0 saturated carbocycles. The Morgan fingerprint density at radius 1 is 1.14 bits per heavy atom. The summed E-state index contributed by atoms with van der Waals surface area (Å²) in [5.74, 6) is -2.12. The third-order valence-corrected chi connectivity index (χ3v) is 3.68. The minimum Gasteiger partial charge on any atom is -0.341 e. The SMILES string of the molecule is CC(F)(F)c1ccc(CC(N)c2nc3ccccc3[nH]2)cc1. The zero-order valence-corrected chi connectivity index (χ0v) is 12.2. The number of alkyl halides is 2. The number of imidazole rings is 1. The summed E-state index contributed by atoms with van der Waals surface area (Å²) in [6.45, 7) is 0.891. The van der Waals surface area contributed by atoms with Crippen molar-refractivity contribution in [2.45, 2.75) is 25.3 Å². The van der Waals surface area contributed by atoms with Crippen LogP contribution in [0.25, 0.3) is 11.0 Å². The average molecular weight is 301 g/mol. The Morgan fingerprint density at radius 3 is 2.45 bits per heavy atom. The van der Waals surface area contributed by atoms with Gasteiger partial charge in [-0.2, -0.15) is 0 Å². The predicted octanol–water partition coefficient (Wildman–Crippen LogP) is 3.92. The minimum absolute atomic E-state index is 0.00792. The molecule has 0 aliphatic carbocycles. The number of fused-ring (bicyclic) bond motifs is 1. The molecule has 3 N–H and O–H groups in total. The monoisotopic (exact) mass is 301 g/mol. The second kappa shape index (κ2) is 5.50. The van der Waals surface area contributed by atoms with Crippen LogP contribution in [0.5, 0.6) is 0 Å². The van der Waals surface area contributed by atoms with E-state index in [0.717, 1.165) is 23.5 Å². The number of nitrogens with two attached hydrogens (primary N) is 1. The summed E-state index contributed by atoms with van der Waals surface area (Å²) in [5.41, 5.74) is 8.89. The molecule has 1 heterocycles. The Hall–Kier alpha value is -2.27. The molecule has 0 radical (unpaired) electrons. The Bertz CT molecular complexity index is 739. The van der Waals surface area contributed by atoms with E-state index in [1.165, 1.54) is 12.1 Å². The van der Waals surface area contributed by atoms with Crippen molar-refractivity contribution in [3.05, 3.63) is 65.5 Å². The van der Waals surface area contributed by atoms with Gasteiger partial charge in [0.25, 0.3) is 5.92 Å². The van der Waals surface area contributed by atoms with Crippen LogP contribution in [0.2, 0.25) is 0 Å². The normalized spacial score (nSPS) is 13.5. The number of para-hydroxylation sites is 2. The molecule has 0 saturated heterocycles. The summed E-state index contributed by atoms with van der Waals surface area (Å²) in [7, 11) is 0. The predicted molar refractivity (Wildman–Crippen MR) is 82.7 cm³/mol. The lowest BCUT2D eigenvalue weighted by Gasteiger charge is -2.12. The Morgan fingerprint density at radius 2 is 1.82 bits per heavy atom. The molecule has 0 spiro atoms. The van der Waals surface area contributed by atoms with E-state index >= 15 is 0 Å². The molecule has 0 bridgehead atoms. The van der Waals surface area contributed by atoms with E-state index in [1.54, 1.807) is 12.1 Å². The second-order valence-electron chi connectivity index (χ2n) is 5.54. The van der Waals surface area contributed by atoms with Gasteiger partial charge in [0.2, 0.25) is 0 Å². The summed E-state index contributed by atoms with van der Waals surface area (Å²) in [4.78, 5) is 7.66. The second-order valence-corrected chi connectivity index (χ2v) is 5.54. The van der Waals surface area contributed by atoms with Gasteiger partial charge in [-0.05, 0) is 24.1 Å². The van der Waals surface area contributed by atoms with Crippen LogP contribution in [0.3, 0.4) is 0 Å². The fourth-order valence-corrected chi connectivity index (χ4v) is 2.43. The van der Waals surface area contributed by atoms with Crippen LogP contribution in [0, 0.1) is 0 Å². The molecule has 2 aromatic carbocycles. The van der Waals surface area contributed by atoms with Crippen LogP contribution in [0.1, 0.15) is 29.9 Å². The van der Waals surface area contributed by atoms with E-state index in [9.17, 15) is 8.78 Å². The summed E-state index contributed by atoms with van der Waals surface area (Å²) in [6.07, 6.45) is 0.537. The number of hydrogen-bond acceptors (Lipinski definition) is 2. The van der Waals surface area contributed by atoms with Gasteiger partial charge < -0.3 is 10.7 Å². The molecule has 1 atom stereocenters. The molecular formula is C17H17F2N3. The number of hydrogen-bond donors (Lipinski definition) is 2. The molecule has 3 nitrogen and oxygen atoms in total. The molecular weight excluding hydrogens is 284 g/mol. The highest BCUT2D eigenvalue weighted by molar-refractivity contribution is 5.74. The maximum Gasteiger partial charge on any atom is 0.270 e.